The molecule has 0 atom stereocenters. The van der Waals surface area contributed by atoms with Crippen molar-refractivity contribution in [2.24, 2.45) is 13.0 Å². The van der Waals surface area contributed by atoms with Crippen LogP contribution < -0.4 is 10.1 Å². The first kappa shape index (κ1) is 23.7. The van der Waals surface area contributed by atoms with Gasteiger partial charge >= 0.3 is 0 Å². The van der Waals surface area contributed by atoms with Crippen LogP contribution in [0.3, 0.4) is 0 Å². The summed E-state index contributed by atoms with van der Waals surface area (Å²) in [5.41, 5.74) is 5.35. The molecule has 0 saturated carbocycles. The lowest BCUT2D eigenvalue weighted by Gasteiger charge is -2.16. The highest BCUT2D eigenvalue weighted by molar-refractivity contribution is 6.29. The number of nitrogens with one attached hydrogen (secondary N) is 1. The molecule has 0 saturated heterocycles. The van der Waals surface area contributed by atoms with Gasteiger partial charge in [0.1, 0.15) is 28.9 Å². The van der Waals surface area contributed by atoms with Gasteiger partial charge in [0.05, 0.1) is 18.4 Å². The molecule has 34 heavy (non-hydrogen) atoms. The van der Waals surface area contributed by atoms with Gasteiger partial charge in [-0.2, -0.15) is 0 Å². The van der Waals surface area contributed by atoms with Crippen molar-refractivity contribution in [2.75, 3.05) is 0 Å². The number of hydrogen-bond acceptors (Lipinski definition) is 5. The van der Waals surface area contributed by atoms with E-state index in [-0.39, 0.29) is 11.8 Å². The Balaban J connectivity index is 1.67. The number of aromatic nitrogens is 4. The second kappa shape index (κ2) is 9.81. The van der Waals surface area contributed by atoms with E-state index >= 15 is 0 Å². The van der Waals surface area contributed by atoms with Crippen molar-refractivity contribution in [3.63, 3.8) is 0 Å². The monoisotopic (exact) mass is 477 g/mol. The minimum Gasteiger partial charge on any atom is -0.487 e. The Kier molecular flexibility index (Phi) is 6.84. The van der Waals surface area contributed by atoms with Crippen molar-refractivity contribution in [2.45, 2.75) is 40.8 Å². The van der Waals surface area contributed by atoms with Crippen LogP contribution in [-0.2, 0) is 25.0 Å². The highest BCUT2D eigenvalue weighted by atomic mass is 35.5. The van der Waals surface area contributed by atoms with Crippen LogP contribution in [0.15, 0.2) is 42.7 Å². The summed E-state index contributed by atoms with van der Waals surface area (Å²) in [6.45, 7) is 8.37. The third kappa shape index (κ3) is 4.75. The molecule has 1 amide bonds. The topological polar surface area (TPSA) is 81.9 Å². The van der Waals surface area contributed by atoms with Crippen LogP contribution in [0.1, 0.15) is 36.4 Å². The van der Waals surface area contributed by atoms with E-state index in [1.807, 2.05) is 69.6 Å². The highest BCUT2D eigenvalue weighted by Gasteiger charge is 2.16. The number of imidazole rings is 1. The number of pyridine rings is 2. The number of rotatable bonds is 7. The minimum atomic E-state index is -0.0858. The summed E-state index contributed by atoms with van der Waals surface area (Å²) in [5.74, 6) is 1.34. The van der Waals surface area contributed by atoms with Gasteiger partial charge in [0, 0.05) is 41.4 Å². The maximum atomic E-state index is 12.1. The molecule has 4 aromatic rings. The molecule has 0 fully saturated rings. The van der Waals surface area contributed by atoms with E-state index in [0.29, 0.717) is 24.1 Å². The summed E-state index contributed by atoms with van der Waals surface area (Å²) < 4.78 is 8.14. The molecule has 0 aliphatic heterocycles. The molecule has 0 aliphatic rings. The molecule has 0 radical (unpaired) electrons. The molecule has 1 aromatic carbocycles. The zero-order chi connectivity index (χ0) is 24.4. The standard InChI is InChI=1S/C26H28ClN5O2/c1-15(2)26(33)30-12-21-20(16(3)9-10-28-21)14-34-22-8-6-7-18-19(11-17(4)31-24(18)22)25-29-13-23(27)32(25)5/h6-11,13,15H,12,14H2,1-5H3,(H,30,33). The molecule has 3 heterocycles. The molecule has 8 heteroatoms. The van der Waals surface area contributed by atoms with E-state index in [1.54, 1.807) is 12.4 Å². The molecule has 0 aliphatic carbocycles. The number of ether oxygens (including phenoxy) is 1. The molecular formula is C26H28ClN5O2. The normalized spacial score (nSPS) is 11.3. The number of amides is 1. The van der Waals surface area contributed by atoms with Gasteiger partial charge in [-0.3, -0.25) is 9.78 Å². The number of carbonyl (C=O) groups is 1. The van der Waals surface area contributed by atoms with E-state index in [9.17, 15) is 4.79 Å². The molecule has 4 rings (SSSR count). The molecule has 3 aromatic heterocycles. The Morgan fingerprint density at radius 2 is 2.00 bits per heavy atom. The maximum Gasteiger partial charge on any atom is 0.222 e. The first-order valence-corrected chi connectivity index (χ1v) is 11.6. The molecule has 7 nitrogen and oxygen atoms in total. The van der Waals surface area contributed by atoms with Crippen molar-refractivity contribution in [3.05, 3.63) is 70.4 Å². The lowest BCUT2D eigenvalue weighted by Crippen LogP contribution is -2.28. The highest BCUT2D eigenvalue weighted by Crippen LogP contribution is 2.33. The Morgan fingerprint density at radius 1 is 1.21 bits per heavy atom. The molecule has 1 N–H and O–H groups in total. The number of aryl methyl sites for hydroxylation is 2. The smallest absolute Gasteiger partial charge is 0.222 e. The van der Waals surface area contributed by atoms with Crippen LogP contribution in [0, 0.1) is 19.8 Å². The molecule has 176 valence electrons. The van der Waals surface area contributed by atoms with Gasteiger partial charge in [-0.05, 0) is 37.6 Å². The van der Waals surface area contributed by atoms with Gasteiger partial charge in [-0.15, -0.1) is 0 Å². The van der Waals surface area contributed by atoms with Crippen molar-refractivity contribution in [3.8, 4) is 17.1 Å². The largest absolute Gasteiger partial charge is 0.487 e. The SMILES string of the molecule is Cc1cc(-c2ncc(Cl)n2C)c2cccc(OCc3c(C)ccnc3CNC(=O)C(C)C)c2n1. The first-order valence-electron chi connectivity index (χ1n) is 11.2. The summed E-state index contributed by atoms with van der Waals surface area (Å²) in [6, 6.07) is 9.82. The molecule has 0 spiro atoms. The van der Waals surface area contributed by atoms with Crippen molar-refractivity contribution in [1.82, 2.24) is 24.8 Å². The fourth-order valence-electron chi connectivity index (χ4n) is 3.81. The number of nitrogens with zero attached hydrogens (tertiary/aromatic N) is 4. The first-order chi connectivity index (χ1) is 16.3. The predicted molar refractivity (Wildman–Crippen MR) is 134 cm³/mol. The Labute approximate surface area is 204 Å². The second-order valence-electron chi connectivity index (χ2n) is 8.64. The van der Waals surface area contributed by atoms with E-state index < -0.39 is 0 Å². The fourth-order valence-corrected chi connectivity index (χ4v) is 3.94. The Bertz CT molecular complexity index is 1360. The van der Waals surface area contributed by atoms with Crippen LogP contribution in [0.5, 0.6) is 5.75 Å². The minimum absolute atomic E-state index is 0.00850. The third-order valence-electron chi connectivity index (χ3n) is 5.81. The average Bonchev–Trinajstić information content (AvgIpc) is 3.14. The van der Waals surface area contributed by atoms with Gasteiger partial charge in [-0.25, -0.2) is 9.97 Å². The summed E-state index contributed by atoms with van der Waals surface area (Å²) in [7, 11) is 1.89. The summed E-state index contributed by atoms with van der Waals surface area (Å²) in [5, 5.41) is 4.44. The van der Waals surface area contributed by atoms with Gasteiger partial charge in [-0.1, -0.05) is 37.6 Å². The van der Waals surface area contributed by atoms with Crippen LogP contribution in [0.4, 0.5) is 0 Å². The predicted octanol–water partition coefficient (Wildman–Crippen LogP) is 5.15. The van der Waals surface area contributed by atoms with E-state index in [0.717, 1.165) is 44.8 Å². The van der Waals surface area contributed by atoms with Crippen molar-refractivity contribution in [1.29, 1.82) is 0 Å². The molecule has 0 bridgehead atoms. The lowest BCUT2D eigenvalue weighted by atomic mass is 10.1. The summed E-state index contributed by atoms with van der Waals surface area (Å²) >= 11 is 6.24. The lowest BCUT2D eigenvalue weighted by molar-refractivity contribution is -0.124. The molecule has 0 unspecified atom stereocenters. The number of benzene rings is 1. The van der Waals surface area contributed by atoms with Gasteiger partial charge in [0.15, 0.2) is 0 Å². The fraction of sp³-hybridized carbons (Fsp3) is 0.308. The van der Waals surface area contributed by atoms with Crippen LogP contribution >= 0.6 is 11.6 Å². The van der Waals surface area contributed by atoms with E-state index in [2.05, 4.69) is 15.3 Å². The Hall–Kier alpha value is -3.45. The number of para-hydroxylation sites is 1. The van der Waals surface area contributed by atoms with Crippen LogP contribution in [-0.4, -0.2) is 25.4 Å². The van der Waals surface area contributed by atoms with Gasteiger partial charge < -0.3 is 14.6 Å². The summed E-state index contributed by atoms with van der Waals surface area (Å²) in [6.07, 6.45) is 3.40. The Morgan fingerprint density at radius 3 is 2.71 bits per heavy atom. The zero-order valence-corrected chi connectivity index (χ0v) is 20.8. The number of carbonyl (C=O) groups excluding carboxylic acids is 1. The zero-order valence-electron chi connectivity index (χ0n) is 20.0. The van der Waals surface area contributed by atoms with E-state index in [4.69, 9.17) is 21.3 Å². The van der Waals surface area contributed by atoms with Crippen molar-refractivity contribution < 1.29 is 9.53 Å². The van der Waals surface area contributed by atoms with Gasteiger partial charge in [0.2, 0.25) is 5.91 Å². The third-order valence-corrected chi connectivity index (χ3v) is 6.16. The number of halogens is 1. The maximum absolute atomic E-state index is 12.1. The summed E-state index contributed by atoms with van der Waals surface area (Å²) in [4.78, 5) is 25.8. The van der Waals surface area contributed by atoms with Crippen LogP contribution in [0.25, 0.3) is 22.3 Å². The second-order valence-corrected chi connectivity index (χ2v) is 9.03. The van der Waals surface area contributed by atoms with Gasteiger partial charge in [0.25, 0.3) is 0 Å². The molecular weight excluding hydrogens is 450 g/mol. The van der Waals surface area contributed by atoms with E-state index in [1.165, 1.54) is 0 Å². The number of fused-ring (bicyclic) bond motifs is 1. The quantitative estimate of drug-likeness (QED) is 0.398. The van der Waals surface area contributed by atoms with Crippen molar-refractivity contribution >= 4 is 28.4 Å². The van der Waals surface area contributed by atoms with Crippen LogP contribution in [0.2, 0.25) is 5.15 Å². The number of hydrogen-bond donors (Lipinski definition) is 1. The average molecular weight is 478 g/mol.